The van der Waals surface area contributed by atoms with Gasteiger partial charge in [0.25, 0.3) is 0 Å². The van der Waals surface area contributed by atoms with Crippen molar-refractivity contribution in [3.05, 3.63) is 35.9 Å². The highest BCUT2D eigenvalue weighted by Crippen LogP contribution is 2.22. The van der Waals surface area contributed by atoms with E-state index in [-0.39, 0.29) is 18.4 Å². The summed E-state index contributed by atoms with van der Waals surface area (Å²) >= 11 is 0. The van der Waals surface area contributed by atoms with E-state index in [1.165, 1.54) is 0 Å². The lowest BCUT2D eigenvalue weighted by Crippen LogP contribution is -2.42. The summed E-state index contributed by atoms with van der Waals surface area (Å²) in [6.07, 6.45) is -1.87. The second-order valence-electron chi connectivity index (χ2n) is 5.51. The molecule has 0 radical (unpaired) electrons. The number of hydrogen-bond acceptors (Lipinski definition) is 4. The maximum Gasteiger partial charge on any atom is 0.0885 e. The van der Waals surface area contributed by atoms with Gasteiger partial charge in [-0.3, -0.25) is 0 Å². The van der Waals surface area contributed by atoms with Gasteiger partial charge in [-0.2, -0.15) is 0 Å². The third kappa shape index (κ3) is 4.87. The molecule has 5 atom stereocenters. The minimum Gasteiger partial charge on any atom is -0.396 e. The van der Waals surface area contributed by atoms with Crippen LogP contribution in [0, 0.1) is 11.8 Å². The van der Waals surface area contributed by atoms with Crippen molar-refractivity contribution in [3.63, 3.8) is 0 Å². The minimum atomic E-state index is -0.713. The lowest BCUT2D eigenvalue weighted by atomic mass is 9.87. The van der Waals surface area contributed by atoms with Crippen molar-refractivity contribution in [1.82, 2.24) is 0 Å². The summed E-state index contributed by atoms with van der Waals surface area (Å²) in [6, 6.07) is 9.71. The summed E-state index contributed by atoms with van der Waals surface area (Å²) in [4.78, 5) is 0. The Labute approximate surface area is 121 Å². The number of rotatable bonds is 8. The molecule has 0 aliphatic heterocycles. The quantitative estimate of drug-likeness (QED) is 0.677. The van der Waals surface area contributed by atoms with Gasteiger partial charge in [0, 0.05) is 18.4 Å². The maximum atomic E-state index is 10.2. The summed E-state index contributed by atoms with van der Waals surface area (Å²) in [5.74, 6) is -0.507. The van der Waals surface area contributed by atoms with E-state index in [0.717, 1.165) is 5.56 Å². The Morgan fingerprint density at radius 3 is 2.15 bits per heavy atom. The Morgan fingerprint density at radius 2 is 1.65 bits per heavy atom. The standard InChI is InChI=1S/C16H26O4/c1-11(9-17)15(19)12(2)16(13(3)18)20-10-14-7-5-4-6-8-14/h4-8,11-13,15-19H,9-10H2,1-3H3/t11-,12+,13?,15-,16-/m0/s1. The van der Waals surface area contributed by atoms with Gasteiger partial charge in [0.1, 0.15) is 0 Å². The summed E-state index contributed by atoms with van der Waals surface area (Å²) in [6.45, 7) is 5.57. The van der Waals surface area contributed by atoms with Crippen molar-refractivity contribution in [2.24, 2.45) is 11.8 Å². The second-order valence-corrected chi connectivity index (χ2v) is 5.51. The van der Waals surface area contributed by atoms with Gasteiger partial charge in [-0.25, -0.2) is 0 Å². The largest absolute Gasteiger partial charge is 0.396 e. The van der Waals surface area contributed by atoms with E-state index in [4.69, 9.17) is 9.84 Å². The molecule has 0 aliphatic carbocycles. The highest BCUT2D eigenvalue weighted by molar-refractivity contribution is 5.13. The van der Waals surface area contributed by atoms with E-state index in [2.05, 4.69) is 0 Å². The van der Waals surface area contributed by atoms with Gasteiger partial charge in [-0.05, 0) is 12.5 Å². The van der Waals surface area contributed by atoms with Gasteiger partial charge in [-0.1, -0.05) is 44.2 Å². The lowest BCUT2D eigenvalue weighted by molar-refractivity contribution is -0.105. The topological polar surface area (TPSA) is 69.9 Å². The van der Waals surface area contributed by atoms with Gasteiger partial charge in [0.05, 0.1) is 24.9 Å². The summed E-state index contributed by atoms with van der Waals surface area (Å²) in [7, 11) is 0. The van der Waals surface area contributed by atoms with Crippen molar-refractivity contribution < 1.29 is 20.1 Å². The predicted molar refractivity (Wildman–Crippen MR) is 78.1 cm³/mol. The average molecular weight is 282 g/mol. The first-order valence-corrected chi connectivity index (χ1v) is 7.09. The highest BCUT2D eigenvalue weighted by atomic mass is 16.5. The first kappa shape index (κ1) is 17.1. The number of benzene rings is 1. The fourth-order valence-corrected chi connectivity index (χ4v) is 2.32. The Hall–Kier alpha value is -0.940. The number of hydrogen-bond donors (Lipinski definition) is 3. The summed E-state index contributed by atoms with van der Waals surface area (Å²) in [5, 5.41) is 29.1. The van der Waals surface area contributed by atoms with Crippen LogP contribution in [0.2, 0.25) is 0 Å². The molecular formula is C16H26O4. The Kier molecular flexibility index (Phi) is 7.16. The smallest absolute Gasteiger partial charge is 0.0885 e. The zero-order valence-electron chi connectivity index (χ0n) is 12.4. The normalized spacial score (nSPS) is 19.1. The van der Waals surface area contributed by atoms with E-state index in [1.807, 2.05) is 37.3 Å². The van der Waals surface area contributed by atoms with E-state index >= 15 is 0 Å². The molecule has 1 rings (SSSR count). The third-order valence-electron chi connectivity index (χ3n) is 3.69. The van der Waals surface area contributed by atoms with Gasteiger partial charge >= 0.3 is 0 Å². The van der Waals surface area contributed by atoms with E-state index in [0.29, 0.717) is 6.61 Å². The molecule has 0 heterocycles. The molecule has 0 saturated carbocycles. The molecule has 0 amide bonds. The van der Waals surface area contributed by atoms with Crippen LogP contribution in [0.5, 0.6) is 0 Å². The maximum absolute atomic E-state index is 10.2. The molecule has 0 saturated heterocycles. The van der Waals surface area contributed by atoms with Crippen LogP contribution in [0.25, 0.3) is 0 Å². The van der Waals surface area contributed by atoms with Crippen LogP contribution < -0.4 is 0 Å². The van der Waals surface area contributed by atoms with Crippen LogP contribution in [0.3, 0.4) is 0 Å². The Bertz CT molecular complexity index is 366. The van der Waals surface area contributed by atoms with Gasteiger partial charge < -0.3 is 20.1 Å². The van der Waals surface area contributed by atoms with Crippen LogP contribution in [0.15, 0.2) is 30.3 Å². The van der Waals surface area contributed by atoms with Crippen molar-refractivity contribution in [2.75, 3.05) is 6.61 Å². The second kappa shape index (κ2) is 8.37. The first-order chi connectivity index (χ1) is 9.47. The fourth-order valence-electron chi connectivity index (χ4n) is 2.32. The van der Waals surface area contributed by atoms with Crippen molar-refractivity contribution in [2.45, 2.75) is 45.7 Å². The Balaban J connectivity index is 2.64. The van der Waals surface area contributed by atoms with Gasteiger partial charge in [0.2, 0.25) is 0 Å². The van der Waals surface area contributed by atoms with Crippen LogP contribution in [-0.4, -0.2) is 40.2 Å². The van der Waals surface area contributed by atoms with Crippen molar-refractivity contribution >= 4 is 0 Å². The van der Waals surface area contributed by atoms with Crippen molar-refractivity contribution in [1.29, 1.82) is 0 Å². The van der Waals surface area contributed by atoms with Crippen LogP contribution >= 0.6 is 0 Å². The minimum absolute atomic E-state index is 0.0866. The molecule has 1 aromatic carbocycles. The molecule has 0 aromatic heterocycles. The average Bonchev–Trinajstić information content (AvgIpc) is 2.46. The Morgan fingerprint density at radius 1 is 1.05 bits per heavy atom. The van der Waals surface area contributed by atoms with Crippen LogP contribution in [-0.2, 0) is 11.3 Å². The first-order valence-electron chi connectivity index (χ1n) is 7.09. The molecule has 114 valence electrons. The molecule has 0 spiro atoms. The molecule has 1 unspecified atom stereocenters. The van der Waals surface area contributed by atoms with E-state index < -0.39 is 18.3 Å². The van der Waals surface area contributed by atoms with E-state index in [9.17, 15) is 10.2 Å². The number of aliphatic hydroxyl groups excluding tert-OH is 3. The van der Waals surface area contributed by atoms with Gasteiger partial charge in [-0.15, -0.1) is 0 Å². The molecule has 0 fully saturated rings. The molecule has 20 heavy (non-hydrogen) atoms. The zero-order valence-corrected chi connectivity index (χ0v) is 12.4. The summed E-state index contributed by atoms with van der Waals surface area (Å²) in [5.41, 5.74) is 1.02. The van der Waals surface area contributed by atoms with Crippen LogP contribution in [0.4, 0.5) is 0 Å². The third-order valence-corrected chi connectivity index (χ3v) is 3.69. The number of aliphatic hydroxyl groups is 3. The molecular weight excluding hydrogens is 256 g/mol. The van der Waals surface area contributed by atoms with Crippen molar-refractivity contribution in [3.8, 4) is 0 Å². The molecule has 4 heteroatoms. The monoisotopic (exact) mass is 282 g/mol. The fraction of sp³-hybridized carbons (Fsp3) is 0.625. The molecule has 3 N–H and O–H groups in total. The highest BCUT2D eigenvalue weighted by Gasteiger charge is 2.31. The van der Waals surface area contributed by atoms with Gasteiger partial charge in [0.15, 0.2) is 0 Å². The number of ether oxygens (including phenoxy) is 1. The lowest BCUT2D eigenvalue weighted by Gasteiger charge is -2.32. The molecule has 0 bridgehead atoms. The predicted octanol–water partition coefficient (Wildman–Crippen LogP) is 1.58. The molecule has 4 nitrogen and oxygen atoms in total. The van der Waals surface area contributed by atoms with Crippen LogP contribution in [0.1, 0.15) is 26.3 Å². The molecule has 0 aliphatic rings. The summed E-state index contributed by atoms with van der Waals surface area (Å²) < 4.78 is 5.78. The van der Waals surface area contributed by atoms with E-state index in [1.54, 1.807) is 13.8 Å². The molecule has 1 aromatic rings. The SMILES string of the molecule is CC(O)[C@@H](OCc1ccccc1)[C@H](C)[C@@H](O)[C@@H](C)CO. The zero-order chi connectivity index (χ0) is 15.1.